The summed E-state index contributed by atoms with van der Waals surface area (Å²) in [5.74, 6) is 0. The van der Waals surface area contributed by atoms with E-state index in [-0.39, 0.29) is 31.0 Å². The van der Waals surface area contributed by atoms with E-state index in [0.717, 1.165) is 3.71 Å². The van der Waals surface area contributed by atoms with E-state index < -0.39 is 6.09 Å². The average molecular weight is 177 g/mol. The number of ether oxygens (including phenoxy) is 1. The molecular formula is C3H8NNaO2S2. The molecule has 0 aliphatic heterocycles. The molecule has 0 fully saturated rings. The van der Waals surface area contributed by atoms with Gasteiger partial charge in [-0.3, -0.25) is 0 Å². The summed E-state index contributed by atoms with van der Waals surface area (Å²) in [6.07, 6.45) is 1.27. The summed E-state index contributed by atoms with van der Waals surface area (Å²) in [6.45, 7) is 0. The van der Waals surface area contributed by atoms with E-state index in [0.29, 0.717) is 0 Å². The zero-order valence-electron chi connectivity index (χ0n) is 6.62. The molecule has 0 aromatic carbocycles. The van der Waals surface area contributed by atoms with Crippen molar-refractivity contribution in [3.63, 3.8) is 0 Å². The Morgan fingerprint density at radius 2 is 2.33 bits per heavy atom. The van der Waals surface area contributed by atoms with Gasteiger partial charge in [0.15, 0.2) is 0 Å². The fraction of sp³-hybridized carbons (Fsp3) is 0.667. The Kier molecular flexibility index (Phi) is 9.94. The monoisotopic (exact) mass is 177 g/mol. The van der Waals surface area contributed by atoms with Crippen LogP contribution in [0.3, 0.4) is 0 Å². The molecule has 0 unspecified atom stereocenters. The van der Waals surface area contributed by atoms with Crippen molar-refractivity contribution in [2.45, 2.75) is 0 Å². The minimum atomic E-state index is -0.458. The van der Waals surface area contributed by atoms with Gasteiger partial charge >= 0.3 is 35.7 Å². The maximum absolute atomic E-state index is 10.3. The summed E-state index contributed by atoms with van der Waals surface area (Å²) in [6, 6.07) is 0. The van der Waals surface area contributed by atoms with Gasteiger partial charge < -0.3 is 6.16 Å². The summed E-state index contributed by atoms with van der Waals surface area (Å²) in [5.41, 5.74) is 0. The van der Waals surface area contributed by atoms with Crippen LogP contribution in [-0.2, 0) is 4.74 Å². The number of thiol groups is 1. The van der Waals surface area contributed by atoms with Gasteiger partial charge in [-0.2, -0.15) is 3.71 Å². The summed E-state index contributed by atoms with van der Waals surface area (Å²) in [4.78, 5) is 10.3. The van der Waals surface area contributed by atoms with Crippen LogP contribution in [-0.4, -0.2) is 23.2 Å². The molecule has 1 amide bonds. The predicted molar refractivity (Wildman–Crippen MR) is 37.9 cm³/mol. The predicted octanol–water partition coefficient (Wildman–Crippen LogP) is -1.71. The van der Waals surface area contributed by atoms with E-state index in [2.05, 4.69) is 17.6 Å². The molecule has 0 aromatic heterocycles. The van der Waals surface area contributed by atoms with Gasteiger partial charge in [0, 0.05) is 6.26 Å². The first-order chi connectivity index (χ1) is 3.72. The number of carbonyl (C=O) groups is 1. The maximum Gasteiger partial charge on any atom is 1.00 e. The van der Waals surface area contributed by atoms with Crippen molar-refractivity contribution in [2.75, 3.05) is 13.4 Å². The molecule has 6 heteroatoms. The quantitative estimate of drug-likeness (QED) is 0.294. The van der Waals surface area contributed by atoms with Gasteiger partial charge in [-0.15, -0.1) is 0 Å². The third-order valence-electron chi connectivity index (χ3n) is 0.504. The van der Waals surface area contributed by atoms with Crippen molar-refractivity contribution in [3.8, 4) is 0 Å². The molecule has 0 spiro atoms. The van der Waals surface area contributed by atoms with Crippen molar-refractivity contribution in [1.29, 1.82) is 0 Å². The van der Waals surface area contributed by atoms with Gasteiger partial charge in [0.25, 0.3) is 0 Å². The molecular weight excluding hydrogens is 169 g/mol. The molecule has 0 saturated heterocycles. The van der Waals surface area contributed by atoms with Gasteiger partial charge in [0.2, 0.25) is 0 Å². The van der Waals surface area contributed by atoms with E-state index in [1.807, 2.05) is 0 Å². The van der Waals surface area contributed by atoms with Crippen molar-refractivity contribution in [3.05, 3.63) is 0 Å². The van der Waals surface area contributed by atoms with E-state index in [1.165, 1.54) is 19.1 Å². The molecule has 0 aromatic rings. The van der Waals surface area contributed by atoms with E-state index in [9.17, 15) is 4.79 Å². The topological polar surface area (TPSA) is 29.5 Å². The van der Waals surface area contributed by atoms with Gasteiger partial charge in [-0.25, -0.2) is 4.79 Å². The first-order valence-electron chi connectivity index (χ1n) is 1.83. The van der Waals surface area contributed by atoms with E-state index >= 15 is 0 Å². The van der Waals surface area contributed by atoms with Crippen LogP contribution in [0.4, 0.5) is 4.79 Å². The Balaban J connectivity index is -0.000000245. The molecule has 0 heterocycles. The number of carbonyl (C=O) groups excluding carboxylic acids is 1. The molecule has 0 saturated carbocycles. The summed E-state index contributed by atoms with van der Waals surface area (Å²) >= 11 is 4.91. The van der Waals surface area contributed by atoms with Crippen LogP contribution in [0.2, 0.25) is 0 Å². The van der Waals surface area contributed by atoms with Crippen LogP contribution in [0.5, 0.6) is 0 Å². The van der Waals surface area contributed by atoms with Crippen LogP contribution in [0, 0.1) is 0 Å². The van der Waals surface area contributed by atoms with E-state index in [4.69, 9.17) is 0 Å². The third-order valence-corrected chi connectivity index (χ3v) is 1.65. The molecule has 0 radical (unpaired) electrons. The van der Waals surface area contributed by atoms with Crippen LogP contribution in [0.1, 0.15) is 1.43 Å². The zero-order chi connectivity index (χ0) is 6.57. The Bertz CT molecular complexity index is 96.6. The Hall–Kier alpha value is 0.970. The molecule has 0 rings (SSSR count). The fourth-order valence-corrected chi connectivity index (χ4v) is 0.458. The number of rotatable bonds is 1. The van der Waals surface area contributed by atoms with Crippen molar-refractivity contribution >= 4 is 30.9 Å². The molecule has 0 bridgehead atoms. The molecule has 0 N–H and O–H groups in total. The maximum atomic E-state index is 10.3. The number of hydrogen-bond acceptors (Lipinski definition) is 4. The molecule has 0 aliphatic carbocycles. The van der Waals surface area contributed by atoms with Crippen LogP contribution in [0.25, 0.3) is 0 Å². The largest absolute Gasteiger partial charge is 1.00 e. The number of amides is 1. The Labute approximate surface area is 88.0 Å². The zero-order valence-corrected chi connectivity index (χ0v) is 9.33. The van der Waals surface area contributed by atoms with Gasteiger partial charge in [0.05, 0.1) is 7.11 Å². The Morgan fingerprint density at radius 3 is 2.44 bits per heavy atom. The van der Waals surface area contributed by atoms with Gasteiger partial charge in [-0.05, 0) is 24.8 Å². The average Bonchev–Trinajstić information content (AvgIpc) is 1.84. The third kappa shape index (κ3) is 5.42. The van der Waals surface area contributed by atoms with Crippen LogP contribution in [0.15, 0.2) is 0 Å². The second kappa shape index (κ2) is 7.08. The van der Waals surface area contributed by atoms with Crippen molar-refractivity contribution < 1.29 is 40.5 Å². The minimum absolute atomic E-state index is 0. The number of hydrogen-bond donors (Lipinski definition) is 1. The summed E-state index contributed by atoms with van der Waals surface area (Å²) < 4.78 is 5.39. The fourth-order valence-electron chi connectivity index (χ4n) is 0.153. The second-order valence-corrected chi connectivity index (χ2v) is 2.33. The standard InChI is InChI=1S/C3H7NO2S2.Na.H/c1-6-3(5)4(7)8-2;;/h7H,1-2H3;;/q;+1;-1. The van der Waals surface area contributed by atoms with Gasteiger partial charge in [0.1, 0.15) is 0 Å². The molecule has 50 valence electrons. The first kappa shape index (κ1) is 12.6. The number of nitrogens with zero attached hydrogens (tertiary/aromatic N) is 1. The summed E-state index contributed by atoms with van der Waals surface area (Å²) in [5, 5.41) is 0. The summed E-state index contributed by atoms with van der Waals surface area (Å²) in [7, 11) is 1.31. The molecule has 9 heavy (non-hydrogen) atoms. The van der Waals surface area contributed by atoms with Crippen molar-refractivity contribution in [1.82, 2.24) is 3.71 Å². The van der Waals surface area contributed by atoms with Crippen LogP contribution >= 0.6 is 24.8 Å². The van der Waals surface area contributed by atoms with E-state index in [1.54, 1.807) is 6.26 Å². The normalized spacial score (nSPS) is 7.44. The molecule has 0 aliphatic rings. The smallest absolute Gasteiger partial charge is 1.00 e. The van der Waals surface area contributed by atoms with Crippen LogP contribution < -0.4 is 29.6 Å². The van der Waals surface area contributed by atoms with Crippen molar-refractivity contribution in [2.24, 2.45) is 0 Å². The molecule has 3 nitrogen and oxygen atoms in total. The number of methoxy groups -OCH3 is 1. The minimum Gasteiger partial charge on any atom is -1.00 e. The SMILES string of the molecule is COC(=O)N(S)SC.[H-].[Na+]. The first-order valence-corrected chi connectivity index (χ1v) is 3.41. The molecule has 0 atom stereocenters. The Morgan fingerprint density at radius 1 is 1.89 bits per heavy atom. The van der Waals surface area contributed by atoms with Gasteiger partial charge in [-0.1, -0.05) is 0 Å². The second-order valence-electron chi connectivity index (χ2n) is 0.926.